The summed E-state index contributed by atoms with van der Waals surface area (Å²) in [5, 5.41) is 0. The van der Waals surface area contributed by atoms with Gasteiger partial charge in [0.2, 0.25) is 6.08 Å². The standard InChI is InChI=1S/C15H19NO4/c1-18-9-11-7-12(14(20-3)8-13(11)19-2)15(16-10-17)5-4-6-15/h7-8H,4-6,9H2,1-3H3. The Morgan fingerprint density at radius 1 is 1.20 bits per heavy atom. The fraction of sp³-hybridized carbons (Fsp3) is 0.533. The minimum absolute atomic E-state index is 0.432. The number of ether oxygens (including phenoxy) is 3. The number of isocyanates is 1. The van der Waals surface area contributed by atoms with Crippen LogP contribution in [0.25, 0.3) is 0 Å². The third kappa shape index (κ3) is 2.42. The van der Waals surface area contributed by atoms with Crippen molar-refractivity contribution in [3.05, 3.63) is 23.3 Å². The molecule has 0 heterocycles. The average Bonchev–Trinajstić information content (AvgIpc) is 2.43. The van der Waals surface area contributed by atoms with Crippen LogP contribution in [0, 0.1) is 0 Å². The van der Waals surface area contributed by atoms with Crippen molar-refractivity contribution in [2.75, 3.05) is 21.3 Å². The van der Waals surface area contributed by atoms with Gasteiger partial charge in [-0.25, -0.2) is 4.79 Å². The van der Waals surface area contributed by atoms with Gasteiger partial charge in [0.1, 0.15) is 17.0 Å². The van der Waals surface area contributed by atoms with Gasteiger partial charge < -0.3 is 14.2 Å². The van der Waals surface area contributed by atoms with E-state index in [1.165, 1.54) is 0 Å². The van der Waals surface area contributed by atoms with Gasteiger partial charge in [0.05, 0.1) is 20.8 Å². The Morgan fingerprint density at radius 3 is 2.35 bits per heavy atom. The molecule has 1 aromatic carbocycles. The zero-order chi connectivity index (χ0) is 14.6. The van der Waals surface area contributed by atoms with Crippen LogP contribution >= 0.6 is 0 Å². The summed E-state index contributed by atoms with van der Waals surface area (Å²) in [4.78, 5) is 14.8. The van der Waals surface area contributed by atoms with E-state index < -0.39 is 5.54 Å². The minimum Gasteiger partial charge on any atom is -0.496 e. The molecule has 1 aliphatic rings. The van der Waals surface area contributed by atoms with Gasteiger partial charge >= 0.3 is 0 Å². The number of nitrogens with zero attached hydrogens (tertiary/aromatic N) is 1. The van der Waals surface area contributed by atoms with Crippen molar-refractivity contribution in [1.82, 2.24) is 0 Å². The monoisotopic (exact) mass is 277 g/mol. The molecule has 1 fully saturated rings. The number of carbonyl (C=O) groups excluding carboxylic acids is 1. The second-order valence-electron chi connectivity index (χ2n) is 4.89. The molecule has 20 heavy (non-hydrogen) atoms. The van der Waals surface area contributed by atoms with Crippen molar-refractivity contribution in [3.8, 4) is 11.5 Å². The highest BCUT2D eigenvalue weighted by atomic mass is 16.5. The first-order chi connectivity index (χ1) is 9.70. The van der Waals surface area contributed by atoms with Crippen LogP contribution in [0.1, 0.15) is 30.4 Å². The van der Waals surface area contributed by atoms with Gasteiger partial charge in [0.25, 0.3) is 0 Å². The first-order valence-electron chi connectivity index (χ1n) is 6.54. The molecule has 0 aromatic heterocycles. The highest BCUT2D eigenvalue weighted by molar-refractivity contribution is 5.52. The zero-order valence-corrected chi connectivity index (χ0v) is 12.1. The number of hydrogen-bond donors (Lipinski definition) is 0. The van der Waals surface area contributed by atoms with Gasteiger partial charge in [-0.05, 0) is 25.3 Å². The first-order valence-corrected chi connectivity index (χ1v) is 6.54. The van der Waals surface area contributed by atoms with E-state index in [2.05, 4.69) is 4.99 Å². The molecule has 0 saturated heterocycles. The number of rotatable bonds is 6. The van der Waals surface area contributed by atoms with Gasteiger partial charge in [0, 0.05) is 24.3 Å². The summed E-state index contributed by atoms with van der Waals surface area (Å²) < 4.78 is 16.0. The Kier molecular flexibility index (Phi) is 4.42. The van der Waals surface area contributed by atoms with E-state index in [9.17, 15) is 4.79 Å². The van der Waals surface area contributed by atoms with Crippen molar-refractivity contribution < 1.29 is 19.0 Å². The highest BCUT2D eigenvalue weighted by Gasteiger charge is 2.41. The van der Waals surface area contributed by atoms with Crippen LogP contribution in [-0.4, -0.2) is 27.4 Å². The predicted molar refractivity (Wildman–Crippen MR) is 73.9 cm³/mol. The molecule has 0 atom stereocenters. The maximum Gasteiger partial charge on any atom is 0.235 e. The second-order valence-corrected chi connectivity index (χ2v) is 4.89. The second kappa shape index (κ2) is 6.07. The molecule has 0 aliphatic heterocycles. The fourth-order valence-electron chi connectivity index (χ4n) is 2.64. The Hall–Kier alpha value is -1.84. The summed E-state index contributed by atoms with van der Waals surface area (Å²) >= 11 is 0. The van der Waals surface area contributed by atoms with Crippen molar-refractivity contribution in [2.45, 2.75) is 31.4 Å². The van der Waals surface area contributed by atoms with E-state index in [4.69, 9.17) is 14.2 Å². The Bertz CT molecular complexity index is 531. The van der Waals surface area contributed by atoms with E-state index in [0.29, 0.717) is 18.1 Å². The van der Waals surface area contributed by atoms with Crippen molar-refractivity contribution in [3.63, 3.8) is 0 Å². The Labute approximate surface area is 118 Å². The van der Waals surface area contributed by atoms with Crippen LogP contribution in [-0.2, 0) is 21.7 Å². The normalized spacial score (nSPS) is 15.9. The van der Waals surface area contributed by atoms with E-state index >= 15 is 0 Å². The average molecular weight is 277 g/mol. The van der Waals surface area contributed by atoms with Crippen LogP contribution < -0.4 is 9.47 Å². The summed E-state index contributed by atoms with van der Waals surface area (Å²) in [6, 6.07) is 3.78. The largest absolute Gasteiger partial charge is 0.496 e. The maximum atomic E-state index is 10.7. The quantitative estimate of drug-likeness (QED) is 0.592. The molecule has 0 N–H and O–H groups in total. The van der Waals surface area contributed by atoms with E-state index in [0.717, 1.165) is 30.4 Å². The lowest BCUT2D eigenvalue weighted by Crippen LogP contribution is -2.32. The van der Waals surface area contributed by atoms with E-state index in [1.807, 2.05) is 12.1 Å². The molecule has 2 rings (SSSR count). The van der Waals surface area contributed by atoms with Gasteiger partial charge in [-0.2, -0.15) is 4.99 Å². The molecule has 0 spiro atoms. The SMILES string of the molecule is COCc1cc(C2(N=C=O)CCC2)c(OC)cc1OC. The molecule has 1 aromatic rings. The van der Waals surface area contributed by atoms with Crippen LogP contribution in [0.15, 0.2) is 17.1 Å². The highest BCUT2D eigenvalue weighted by Crippen LogP contribution is 2.49. The van der Waals surface area contributed by atoms with Crippen molar-refractivity contribution in [2.24, 2.45) is 4.99 Å². The molecular formula is C15H19NO4. The summed E-state index contributed by atoms with van der Waals surface area (Å²) in [6.45, 7) is 0.432. The Balaban J connectivity index is 2.55. The number of aliphatic imine (C=N–C) groups is 1. The van der Waals surface area contributed by atoms with Crippen molar-refractivity contribution in [1.29, 1.82) is 0 Å². The maximum absolute atomic E-state index is 10.7. The van der Waals surface area contributed by atoms with Crippen LogP contribution in [0.4, 0.5) is 0 Å². The zero-order valence-electron chi connectivity index (χ0n) is 12.1. The third-order valence-electron chi connectivity index (χ3n) is 3.84. The predicted octanol–water partition coefficient (Wildman–Crippen LogP) is 2.57. The van der Waals surface area contributed by atoms with Gasteiger partial charge in [-0.15, -0.1) is 0 Å². The topological polar surface area (TPSA) is 57.1 Å². The number of hydrogen-bond acceptors (Lipinski definition) is 5. The summed E-state index contributed by atoms with van der Waals surface area (Å²) in [6.07, 6.45) is 4.40. The third-order valence-corrected chi connectivity index (χ3v) is 3.84. The molecule has 0 amide bonds. The smallest absolute Gasteiger partial charge is 0.235 e. The van der Waals surface area contributed by atoms with Crippen LogP contribution in [0.3, 0.4) is 0 Å². The summed E-state index contributed by atoms with van der Waals surface area (Å²) in [5.41, 5.74) is 1.32. The Morgan fingerprint density at radius 2 is 1.90 bits per heavy atom. The van der Waals surface area contributed by atoms with Gasteiger partial charge in [-0.1, -0.05) is 0 Å². The van der Waals surface area contributed by atoms with Gasteiger partial charge in [-0.3, -0.25) is 0 Å². The van der Waals surface area contributed by atoms with Crippen molar-refractivity contribution >= 4 is 6.08 Å². The molecular weight excluding hydrogens is 258 g/mol. The van der Waals surface area contributed by atoms with Crippen LogP contribution in [0.2, 0.25) is 0 Å². The molecule has 5 nitrogen and oxygen atoms in total. The first kappa shape index (κ1) is 14.6. The van der Waals surface area contributed by atoms with E-state index in [-0.39, 0.29) is 0 Å². The molecule has 0 bridgehead atoms. The number of benzene rings is 1. The van der Waals surface area contributed by atoms with Gasteiger partial charge in [0.15, 0.2) is 0 Å². The van der Waals surface area contributed by atoms with Crippen LogP contribution in [0.5, 0.6) is 11.5 Å². The lowest BCUT2D eigenvalue weighted by atomic mass is 9.71. The van der Waals surface area contributed by atoms with E-state index in [1.54, 1.807) is 27.4 Å². The lowest BCUT2D eigenvalue weighted by Gasteiger charge is -2.38. The summed E-state index contributed by atoms with van der Waals surface area (Å²) in [5.74, 6) is 1.39. The molecule has 0 radical (unpaired) electrons. The molecule has 5 heteroatoms. The molecule has 1 saturated carbocycles. The fourth-order valence-corrected chi connectivity index (χ4v) is 2.64. The summed E-state index contributed by atoms with van der Waals surface area (Å²) in [7, 11) is 4.84. The number of methoxy groups -OCH3 is 3. The molecule has 1 aliphatic carbocycles. The molecule has 108 valence electrons. The molecule has 0 unspecified atom stereocenters. The lowest BCUT2D eigenvalue weighted by molar-refractivity contribution is 0.180. The minimum atomic E-state index is -0.498.